The van der Waals surface area contributed by atoms with Gasteiger partial charge in [-0.2, -0.15) is 5.26 Å². The molecule has 0 fully saturated rings. The maximum Gasteiger partial charge on any atom is 0.180 e. The van der Waals surface area contributed by atoms with Gasteiger partial charge in [-0.3, -0.25) is 4.79 Å². The molecule has 1 atom stereocenters. The van der Waals surface area contributed by atoms with Crippen molar-refractivity contribution in [1.82, 2.24) is 4.90 Å². The third-order valence-electron chi connectivity index (χ3n) is 6.02. The number of halogens is 1. The van der Waals surface area contributed by atoms with Crippen LogP contribution >= 0.6 is 11.6 Å². The van der Waals surface area contributed by atoms with E-state index in [1.807, 2.05) is 11.8 Å². The van der Waals surface area contributed by atoms with Crippen LogP contribution in [0, 0.1) is 16.7 Å². The second-order valence-corrected chi connectivity index (χ2v) is 9.56. The van der Waals surface area contributed by atoms with Gasteiger partial charge in [-0.1, -0.05) is 38.1 Å². The first-order chi connectivity index (χ1) is 16.2. The molecule has 0 saturated heterocycles. The van der Waals surface area contributed by atoms with Crippen LogP contribution in [0.4, 0.5) is 0 Å². The first kappa shape index (κ1) is 25.7. The number of nitrogens with zero attached hydrogens (tertiary/aromatic N) is 2. The molecule has 7 nitrogen and oxygen atoms in total. The number of benzene rings is 1. The van der Waals surface area contributed by atoms with Crippen molar-refractivity contribution in [3.05, 3.63) is 58.0 Å². The Hall–Kier alpha value is -2.95. The van der Waals surface area contributed by atoms with Crippen LogP contribution in [0.2, 0.25) is 5.02 Å². The molecule has 1 aromatic rings. The minimum atomic E-state index is -0.646. The van der Waals surface area contributed by atoms with E-state index in [-0.39, 0.29) is 17.8 Å². The van der Waals surface area contributed by atoms with Crippen LogP contribution in [0.15, 0.2) is 47.5 Å². The zero-order chi connectivity index (χ0) is 25.0. The molecule has 0 amide bonds. The second kappa shape index (κ2) is 10.5. The normalized spacial score (nSPS) is 19.6. The number of nitriles is 1. The van der Waals surface area contributed by atoms with Gasteiger partial charge in [0.05, 0.1) is 35.8 Å². The number of hydrogen-bond acceptors (Lipinski definition) is 7. The molecule has 3 rings (SSSR count). The SMILES string of the molecule is C=CCOc1c(Cl)cc([C@@H]2C(C#N)=C(N)N(CCOC)C3=C2C(=O)CC(C)(C)C3)cc1OCC. The number of allylic oxidation sites excluding steroid dienone is 3. The molecule has 0 bridgehead atoms. The molecular formula is C26H32ClN3O4. The fourth-order valence-electron chi connectivity index (χ4n) is 4.65. The summed E-state index contributed by atoms with van der Waals surface area (Å²) in [6, 6.07) is 5.77. The van der Waals surface area contributed by atoms with Crippen molar-refractivity contribution < 1.29 is 19.0 Å². The molecule has 1 heterocycles. The first-order valence-corrected chi connectivity index (χ1v) is 11.7. The lowest BCUT2D eigenvalue weighted by molar-refractivity contribution is -0.118. The van der Waals surface area contributed by atoms with Crippen molar-refractivity contribution in [2.24, 2.45) is 11.1 Å². The highest BCUT2D eigenvalue weighted by atomic mass is 35.5. The lowest BCUT2D eigenvalue weighted by Gasteiger charge is -2.43. The van der Waals surface area contributed by atoms with Crippen LogP contribution < -0.4 is 15.2 Å². The number of methoxy groups -OCH3 is 1. The van der Waals surface area contributed by atoms with Crippen molar-refractivity contribution in [2.75, 3.05) is 33.5 Å². The molecular weight excluding hydrogens is 454 g/mol. The summed E-state index contributed by atoms with van der Waals surface area (Å²) >= 11 is 6.61. The maximum absolute atomic E-state index is 13.5. The minimum absolute atomic E-state index is 0.0000157. The summed E-state index contributed by atoms with van der Waals surface area (Å²) in [6.45, 7) is 11.2. The zero-order valence-electron chi connectivity index (χ0n) is 20.2. The van der Waals surface area contributed by atoms with E-state index in [0.29, 0.717) is 71.7 Å². The highest BCUT2D eigenvalue weighted by Gasteiger charge is 2.44. The molecule has 1 aliphatic heterocycles. The van der Waals surface area contributed by atoms with E-state index in [1.54, 1.807) is 25.3 Å². The van der Waals surface area contributed by atoms with Gasteiger partial charge in [0.25, 0.3) is 0 Å². The van der Waals surface area contributed by atoms with Gasteiger partial charge in [0.1, 0.15) is 12.4 Å². The number of hydrogen-bond donors (Lipinski definition) is 1. The van der Waals surface area contributed by atoms with Crippen molar-refractivity contribution in [3.8, 4) is 17.6 Å². The van der Waals surface area contributed by atoms with Crippen LogP contribution in [0.25, 0.3) is 0 Å². The topological polar surface area (TPSA) is 97.8 Å². The molecule has 0 spiro atoms. The summed E-state index contributed by atoms with van der Waals surface area (Å²) < 4.78 is 16.8. The largest absolute Gasteiger partial charge is 0.490 e. The molecule has 2 aliphatic rings. The molecule has 182 valence electrons. The molecule has 1 aliphatic carbocycles. The summed E-state index contributed by atoms with van der Waals surface area (Å²) in [5, 5.41) is 10.5. The van der Waals surface area contributed by atoms with Crippen LogP contribution in [-0.4, -0.2) is 44.2 Å². The summed E-state index contributed by atoms with van der Waals surface area (Å²) in [5.74, 6) is 0.517. The summed E-state index contributed by atoms with van der Waals surface area (Å²) in [7, 11) is 1.61. The Kier molecular flexibility index (Phi) is 7.96. The van der Waals surface area contributed by atoms with E-state index < -0.39 is 5.92 Å². The fourth-order valence-corrected chi connectivity index (χ4v) is 4.92. The molecule has 8 heteroatoms. The van der Waals surface area contributed by atoms with Gasteiger partial charge in [-0.15, -0.1) is 0 Å². The summed E-state index contributed by atoms with van der Waals surface area (Å²) in [5.41, 5.74) is 8.71. The van der Waals surface area contributed by atoms with Crippen molar-refractivity contribution in [1.29, 1.82) is 5.26 Å². The first-order valence-electron chi connectivity index (χ1n) is 11.3. The van der Waals surface area contributed by atoms with Crippen LogP contribution in [0.1, 0.15) is 45.1 Å². The number of nitrogens with two attached hydrogens (primary N) is 1. The van der Waals surface area contributed by atoms with Crippen molar-refractivity contribution >= 4 is 17.4 Å². The minimum Gasteiger partial charge on any atom is -0.490 e. The average Bonchev–Trinajstić information content (AvgIpc) is 2.76. The molecule has 1 aromatic carbocycles. The Balaban J connectivity index is 2.24. The quantitative estimate of drug-likeness (QED) is 0.507. The smallest absolute Gasteiger partial charge is 0.180 e. The second-order valence-electron chi connectivity index (χ2n) is 9.15. The third-order valence-corrected chi connectivity index (χ3v) is 6.30. The van der Waals surface area contributed by atoms with Crippen molar-refractivity contribution in [3.63, 3.8) is 0 Å². The van der Waals surface area contributed by atoms with Gasteiger partial charge in [0.2, 0.25) is 0 Å². The highest BCUT2D eigenvalue weighted by molar-refractivity contribution is 6.32. The van der Waals surface area contributed by atoms with E-state index in [9.17, 15) is 10.1 Å². The van der Waals surface area contributed by atoms with Gasteiger partial charge in [0, 0.05) is 31.3 Å². The standard InChI is InChI=1S/C26H32ClN3O4/c1-6-9-34-24-18(27)11-16(12-21(24)33-7-2)22-17(15-28)25(29)30(8-10-32-5)19-13-26(3,4)14-20(31)23(19)22/h6,11-12,22H,1,7-10,13-14,29H2,2-5H3/t22-/m1/s1. The van der Waals surface area contributed by atoms with Gasteiger partial charge in [-0.25, -0.2) is 0 Å². The van der Waals surface area contributed by atoms with Gasteiger partial charge >= 0.3 is 0 Å². The molecule has 0 radical (unpaired) electrons. The summed E-state index contributed by atoms with van der Waals surface area (Å²) in [4.78, 5) is 15.4. The predicted octanol–water partition coefficient (Wildman–Crippen LogP) is 4.69. The Labute approximate surface area is 206 Å². The van der Waals surface area contributed by atoms with E-state index in [4.69, 9.17) is 31.5 Å². The Morgan fingerprint density at radius 2 is 2.09 bits per heavy atom. The fraction of sp³-hybridized carbons (Fsp3) is 0.462. The number of rotatable bonds is 9. The van der Waals surface area contributed by atoms with Crippen LogP contribution in [-0.2, 0) is 9.53 Å². The molecule has 0 unspecified atom stereocenters. The molecule has 0 aromatic heterocycles. The third kappa shape index (κ3) is 4.94. The zero-order valence-corrected chi connectivity index (χ0v) is 21.0. The lowest BCUT2D eigenvalue weighted by Crippen LogP contribution is -2.43. The number of ether oxygens (including phenoxy) is 3. The van der Waals surface area contributed by atoms with E-state index in [1.165, 1.54) is 0 Å². The summed E-state index contributed by atoms with van der Waals surface area (Å²) in [6.07, 6.45) is 2.65. The van der Waals surface area contributed by atoms with E-state index in [2.05, 4.69) is 26.5 Å². The number of carbonyl (C=O) groups excluding carboxylic acids is 1. The maximum atomic E-state index is 13.5. The van der Waals surface area contributed by atoms with E-state index >= 15 is 0 Å². The Bertz CT molecular complexity index is 1080. The molecule has 34 heavy (non-hydrogen) atoms. The monoisotopic (exact) mass is 485 g/mol. The van der Waals surface area contributed by atoms with Gasteiger partial charge in [-0.05, 0) is 36.5 Å². The number of Topliss-reactive ketones (excluding diaryl/α,β-unsaturated/α-hetero) is 1. The van der Waals surface area contributed by atoms with Crippen LogP contribution in [0.5, 0.6) is 11.5 Å². The van der Waals surface area contributed by atoms with Crippen molar-refractivity contribution in [2.45, 2.75) is 39.5 Å². The highest BCUT2D eigenvalue weighted by Crippen LogP contribution is 2.50. The predicted molar refractivity (Wildman–Crippen MR) is 132 cm³/mol. The number of carbonyl (C=O) groups is 1. The van der Waals surface area contributed by atoms with Gasteiger partial charge < -0.3 is 24.8 Å². The lowest BCUT2D eigenvalue weighted by atomic mass is 9.68. The van der Waals surface area contributed by atoms with Crippen LogP contribution in [0.3, 0.4) is 0 Å². The van der Waals surface area contributed by atoms with E-state index in [0.717, 1.165) is 5.70 Å². The Morgan fingerprint density at radius 3 is 2.71 bits per heavy atom. The Morgan fingerprint density at radius 1 is 1.35 bits per heavy atom. The molecule has 2 N–H and O–H groups in total. The average molecular weight is 486 g/mol. The van der Waals surface area contributed by atoms with Gasteiger partial charge in [0.15, 0.2) is 17.3 Å². The molecule has 0 saturated carbocycles. The number of ketones is 1.